The number of furan rings is 1. The molecule has 0 spiro atoms. The molecular weight excluding hydrogens is 367 g/mol. The highest BCUT2D eigenvalue weighted by molar-refractivity contribution is 6.42. The van der Waals surface area contributed by atoms with Gasteiger partial charge in [0.15, 0.2) is 5.78 Å². The smallest absolute Gasteiger partial charge is 0.185 e. The molecule has 0 bridgehead atoms. The van der Waals surface area contributed by atoms with Crippen molar-refractivity contribution in [2.45, 2.75) is 0 Å². The van der Waals surface area contributed by atoms with Crippen LogP contribution in [0, 0.1) is 0 Å². The largest absolute Gasteiger partial charge is 0.457 e. The standard InChI is InChI=1S/C19H11Cl3O2/c20-14-4-1-12(2-5-14)18(23)9-6-15-7-10-19(24-15)13-3-8-16(21)17(22)11-13/h1-11H/b9-6+. The second-order valence-corrected chi connectivity index (χ2v) is 6.29. The molecule has 0 atom stereocenters. The van der Waals surface area contributed by atoms with Crippen molar-refractivity contribution in [3.63, 3.8) is 0 Å². The van der Waals surface area contributed by atoms with Gasteiger partial charge in [0.05, 0.1) is 10.0 Å². The van der Waals surface area contributed by atoms with Gasteiger partial charge in [0, 0.05) is 16.1 Å². The summed E-state index contributed by atoms with van der Waals surface area (Å²) in [4.78, 5) is 12.1. The molecule has 1 heterocycles. The highest BCUT2D eigenvalue weighted by atomic mass is 35.5. The third kappa shape index (κ3) is 3.90. The molecule has 0 aliphatic rings. The quantitative estimate of drug-likeness (QED) is 0.369. The zero-order chi connectivity index (χ0) is 17.1. The zero-order valence-electron chi connectivity index (χ0n) is 12.3. The highest BCUT2D eigenvalue weighted by Gasteiger charge is 2.07. The van der Waals surface area contributed by atoms with E-state index in [-0.39, 0.29) is 5.78 Å². The molecule has 0 saturated heterocycles. The van der Waals surface area contributed by atoms with Gasteiger partial charge >= 0.3 is 0 Å². The van der Waals surface area contributed by atoms with Gasteiger partial charge in [-0.15, -0.1) is 0 Å². The Balaban J connectivity index is 1.77. The Morgan fingerprint density at radius 1 is 0.875 bits per heavy atom. The average molecular weight is 378 g/mol. The van der Waals surface area contributed by atoms with Crippen molar-refractivity contribution in [2.75, 3.05) is 0 Å². The molecule has 0 fully saturated rings. The van der Waals surface area contributed by atoms with Crippen LogP contribution in [0.15, 0.2) is 65.1 Å². The van der Waals surface area contributed by atoms with Crippen LogP contribution in [0.1, 0.15) is 16.1 Å². The van der Waals surface area contributed by atoms with E-state index in [1.165, 1.54) is 6.08 Å². The molecule has 3 aromatic rings. The van der Waals surface area contributed by atoms with Crippen molar-refractivity contribution in [1.82, 2.24) is 0 Å². The number of halogens is 3. The Labute approximate surface area is 154 Å². The maximum absolute atomic E-state index is 12.1. The Morgan fingerprint density at radius 2 is 1.62 bits per heavy atom. The first kappa shape index (κ1) is 16.8. The number of carbonyl (C=O) groups excluding carboxylic acids is 1. The van der Waals surface area contributed by atoms with E-state index >= 15 is 0 Å². The minimum absolute atomic E-state index is 0.126. The van der Waals surface area contributed by atoms with E-state index in [1.807, 2.05) is 12.1 Å². The fourth-order valence-electron chi connectivity index (χ4n) is 2.12. The van der Waals surface area contributed by atoms with E-state index in [0.717, 1.165) is 5.56 Å². The third-order valence-electron chi connectivity index (χ3n) is 3.36. The van der Waals surface area contributed by atoms with E-state index in [4.69, 9.17) is 39.2 Å². The molecule has 120 valence electrons. The minimum Gasteiger partial charge on any atom is -0.457 e. The molecule has 0 N–H and O–H groups in total. The van der Waals surface area contributed by atoms with Crippen LogP contribution in [0.4, 0.5) is 0 Å². The minimum atomic E-state index is -0.126. The molecule has 24 heavy (non-hydrogen) atoms. The normalized spacial score (nSPS) is 11.1. The Morgan fingerprint density at radius 3 is 2.33 bits per heavy atom. The Kier molecular flexibility index (Phi) is 5.10. The second kappa shape index (κ2) is 7.27. The highest BCUT2D eigenvalue weighted by Crippen LogP contribution is 2.29. The van der Waals surface area contributed by atoms with Gasteiger partial charge in [0.1, 0.15) is 11.5 Å². The number of carbonyl (C=O) groups is 1. The zero-order valence-corrected chi connectivity index (χ0v) is 14.6. The van der Waals surface area contributed by atoms with Crippen LogP contribution in [0.25, 0.3) is 17.4 Å². The predicted molar refractivity (Wildman–Crippen MR) is 99.0 cm³/mol. The van der Waals surface area contributed by atoms with Crippen LogP contribution in [0.2, 0.25) is 15.1 Å². The fourth-order valence-corrected chi connectivity index (χ4v) is 2.54. The topological polar surface area (TPSA) is 30.2 Å². The predicted octanol–water partition coefficient (Wildman–Crippen LogP) is 6.80. The van der Waals surface area contributed by atoms with E-state index in [9.17, 15) is 4.79 Å². The van der Waals surface area contributed by atoms with E-state index in [2.05, 4.69) is 0 Å². The molecule has 0 aliphatic heterocycles. The Bertz CT molecular complexity index is 909. The van der Waals surface area contributed by atoms with Gasteiger partial charge < -0.3 is 4.42 Å². The maximum Gasteiger partial charge on any atom is 0.185 e. The number of hydrogen-bond donors (Lipinski definition) is 0. The van der Waals surface area contributed by atoms with Gasteiger partial charge in [0.25, 0.3) is 0 Å². The first-order chi connectivity index (χ1) is 11.5. The van der Waals surface area contributed by atoms with Crippen molar-refractivity contribution in [2.24, 2.45) is 0 Å². The summed E-state index contributed by atoms with van der Waals surface area (Å²) >= 11 is 17.7. The number of benzene rings is 2. The maximum atomic E-state index is 12.1. The van der Waals surface area contributed by atoms with Crippen molar-refractivity contribution < 1.29 is 9.21 Å². The first-order valence-corrected chi connectivity index (χ1v) is 8.19. The number of allylic oxidation sites excluding steroid dienone is 1. The summed E-state index contributed by atoms with van der Waals surface area (Å²) in [5, 5.41) is 1.54. The molecule has 3 rings (SSSR count). The molecule has 0 unspecified atom stereocenters. The van der Waals surface area contributed by atoms with Gasteiger partial charge in [-0.2, -0.15) is 0 Å². The third-order valence-corrected chi connectivity index (χ3v) is 4.35. The van der Waals surface area contributed by atoms with Crippen molar-refractivity contribution in [3.05, 3.63) is 87.1 Å². The van der Waals surface area contributed by atoms with Gasteiger partial charge in [-0.3, -0.25) is 4.79 Å². The van der Waals surface area contributed by atoms with Crippen LogP contribution in [-0.2, 0) is 0 Å². The van der Waals surface area contributed by atoms with Crippen molar-refractivity contribution in [1.29, 1.82) is 0 Å². The van der Waals surface area contributed by atoms with Crippen LogP contribution in [0.3, 0.4) is 0 Å². The van der Waals surface area contributed by atoms with E-state index < -0.39 is 0 Å². The van der Waals surface area contributed by atoms with E-state index in [0.29, 0.717) is 32.2 Å². The summed E-state index contributed by atoms with van der Waals surface area (Å²) in [7, 11) is 0. The molecule has 0 radical (unpaired) electrons. The summed E-state index contributed by atoms with van der Waals surface area (Å²) in [6.07, 6.45) is 3.08. The van der Waals surface area contributed by atoms with Crippen LogP contribution < -0.4 is 0 Å². The van der Waals surface area contributed by atoms with Crippen LogP contribution in [-0.4, -0.2) is 5.78 Å². The lowest BCUT2D eigenvalue weighted by molar-refractivity contribution is 0.104. The molecule has 2 nitrogen and oxygen atoms in total. The lowest BCUT2D eigenvalue weighted by atomic mass is 10.1. The van der Waals surface area contributed by atoms with Crippen LogP contribution >= 0.6 is 34.8 Å². The Hall–Kier alpha value is -2.00. The van der Waals surface area contributed by atoms with Gasteiger partial charge in [-0.25, -0.2) is 0 Å². The number of rotatable bonds is 4. The van der Waals surface area contributed by atoms with Gasteiger partial charge in [-0.05, 0) is 66.7 Å². The number of ketones is 1. The molecule has 2 aromatic carbocycles. The van der Waals surface area contributed by atoms with E-state index in [1.54, 1.807) is 48.5 Å². The second-order valence-electron chi connectivity index (χ2n) is 5.04. The molecule has 5 heteroatoms. The van der Waals surface area contributed by atoms with Gasteiger partial charge in [0.2, 0.25) is 0 Å². The van der Waals surface area contributed by atoms with Crippen LogP contribution in [0.5, 0.6) is 0 Å². The molecular formula is C19H11Cl3O2. The summed E-state index contributed by atoms with van der Waals surface area (Å²) < 4.78 is 5.71. The average Bonchev–Trinajstić information content (AvgIpc) is 3.05. The number of hydrogen-bond acceptors (Lipinski definition) is 2. The first-order valence-electron chi connectivity index (χ1n) is 7.06. The molecule has 0 aliphatic carbocycles. The van der Waals surface area contributed by atoms with Crippen molar-refractivity contribution >= 4 is 46.7 Å². The molecule has 0 amide bonds. The summed E-state index contributed by atoms with van der Waals surface area (Å²) in [5.74, 6) is 1.09. The summed E-state index contributed by atoms with van der Waals surface area (Å²) in [6.45, 7) is 0. The molecule has 0 saturated carbocycles. The summed E-state index contributed by atoms with van der Waals surface area (Å²) in [6, 6.07) is 15.6. The lowest BCUT2D eigenvalue weighted by Gasteiger charge is -1.99. The monoisotopic (exact) mass is 376 g/mol. The van der Waals surface area contributed by atoms with Crippen molar-refractivity contribution in [3.8, 4) is 11.3 Å². The fraction of sp³-hybridized carbons (Fsp3) is 0. The SMILES string of the molecule is O=C(/C=C/c1ccc(-c2ccc(Cl)c(Cl)c2)o1)c1ccc(Cl)cc1. The van der Waals surface area contributed by atoms with Gasteiger partial charge in [-0.1, -0.05) is 34.8 Å². The molecule has 1 aromatic heterocycles. The lowest BCUT2D eigenvalue weighted by Crippen LogP contribution is -1.92. The summed E-state index contributed by atoms with van der Waals surface area (Å²) in [5.41, 5.74) is 1.37.